The van der Waals surface area contributed by atoms with Crippen LogP contribution in [-0.4, -0.2) is 23.5 Å². The number of hydrogen-bond acceptors (Lipinski definition) is 3. The minimum atomic E-state index is -0.751. The van der Waals surface area contributed by atoms with E-state index in [1.165, 1.54) is 12.1 Å². The molecule has 0 heterocycles. The first-order valence-corrected chi connectivity index (χ1v) is 5.87. The van der Waals surface area contributed by atoms with Crippen molar-refractivity contribution in [2.45, 2.75) is 13.8 Å². The molecule has 0 saturated heterocycles. The summed E-state index contributed by atoms with van der Waals surface area (Å²) in [7, 11) is 0. The number of halogens is 2. The second kappa shape index (κ2) is 5.88. The van der Waals surface area contributed by atoms with Gasteiger partial charge in [-0.05, 0) is 18.2 Å². The molecule has 19 heavy (non-hydrogen) atoms. The number of amidine groups is 1. The lowest BCUT2D eigenvalue weighted by atomic mass is 9.92. The molecule has 1 aromatic carbocycles. The zero-order valence-electron chi connectivity index (χ0n) is 10.6. The van der Waals surface area contributed by atoms with Gasteiger partial charge in [0, 0.05) is 17.0 Å². The number of rotatable bonds is 4. The van der Waals surface area contributed by atoms with E-state index in [2.05, 4.69) is 10.5 Å². The minimum Gasteiger partial charge on any atom is -0.409 e. The summed E-state index contributed by atoms with van der Waals surface area (Å²) in [5, 5.41) is 14.3. The van der Waals surface area contributed by atoms with Crippen molar-refractivity contribution in [1.29, 1.82) is 0 Å². The number of nitrogens with one attached hydrogen (secondary N) is 1. The van der Waals surface area contributed by atoms with Crippen LogP contribution in [0.2, 0.25) is 5.02 Å². The summed E-state index contributed by atoms with van der Waals surface area (Å²) < 4.78 is 13.5. The Bertz CT molecular complexity index is 518. The van der Waals surface area contributed by atoms with E-state index >= 15 is 0 Å². The zero-order valence-corrected chi connectivity index (χ0v) is 11.3. The van der Waals surface area contributed by atoms with Crippen LogP contribution < -0.4 is 11.1 Å². The van der Waals surface area contributed by atoms with Crippen molar-refractivity contribution in [3.63, 3.8) is 0 Å². The molecule has 4 N–H and O–H groups in total. The average molecular weight is 288 g/mol. The molecule has 7 heteroatoms. The van der Waals surface area contributed by atoms with E-state index in [0.717, 1.165) is 6.07 Å². The molecule has 0 fully saturated rings. The van der Waals surface area contributed by atoms with Gasteiger partial charge < -0.3 is 16.3 Å². The Morgan fingerprint density at radius 1 is 1.58 bits per heavy atom. The van der Waals surface area contributed by atoms with Crippen molar-refractivity contribution in [3.05, 3.63) is 34.6 Å². The van der Waals surface area contributed by atoms with Crippen LogP contribution in [0.15, 0.2) is 23.4 Å². The first kappa shape index (κ1) is 15.2. The average Bonchev–Trinajstić information content (AvgIpc) is 2.37. The normalized spacial score (nSPS) is 12.3. The third-order valence-corrected chi connectivity index (χ3v) is 2.90. The molecule has 5 nitrogen and oxygen atoms in total. The number of nitrogens with zero attached hydrogens (tertiary/aromatic N) is 1. The predicted molar refractivity (Wildman–Crippen MR) is 70.9 cm³/mol. The third-order valence-electron chi connectivity index (χ3n) is 2.67. The second-order valence-corrected chi connectivity index (χ2v) is 5.11. The lowest BCUT2D eigenvalue weighted by Gasteiger charge is -2.23. The van der Waals surface area contributed by atoms with Crippen molar-refractivity contribution >= 4 is 23.3 Å². The van der Waals surface area contributed by atoms with Crippen LogP contribution in [0.5, 0.6) is 0 Å². The molecule has 0 spiro atoms. The molecule has 0 aliphatic carbocycles. The maximum Gasteiger partial charge on any atom is 0.254 e. The van der Waals surface area contributed by atoms with E-state index in [4.69, 9.17) is 22.5 Å². The van der Waals surface area contributed by atoms with Crippen LogP contribution in [0.4, 0.5) is 4.39 Å². The maximum absolute atomic E-state index is 13.5. The van der Waals surface area contributed by atoms with Crippen LogP contribution in [0.1, 0.15) is 24.2 Å². The van der Waals surface area contributed by atoms with Gasteiger partial charge in [-0.1, -0.05) is 30.6 Å². The summed E-state index contributed by atoms with van der Waals surface area (Å²) in [6.45, 7) is 3.45. The van der Waals surface area contributed by atoms with Crippen molar-refractivity contribution in [3.8, 4) is 0 Å². The Balaban J connectivity index is 2.79. The standard InChI is InChI=1S/C12H15ClFN3O2/c1-12(2,11(15)17-19)6-16-10(18)8-5-7(13)3-4-9(8)14/h3-5,19H,6H2,1-2H3,(H2,15,17)(H,16,18). The number of nitrogens with two attached hydrogens (primary N) is 1. The monoisotopic (exact) mass is 287 g/mol. The van der Waals surface area contributed by atoms with Crippen LogP contribution in [-0.2, 0) is 0 Å². The molecular weight excluding hydrogens is 273 g/mol. The number of carbonyl (C=O) groups is 1. The minimum absolute atomic E-state index is 0.0284. The zero-order chi connectivity index (χ0) is 14.6. The summed E-state index contributed by atoms with van der Waals surface area (Å²) in [6, 6.07) is 3.71. The molecule has 1 aromatic rings. The van der Waals surface area contributed by atoms with Gasteiger partial charge in [0.05, 0.1) is 5.56 Å². The smallest absolute Gasteiger partial charge is 0.254 e. The topological polar surface area (TPSA) is 87.7 Å². The molecular formula is C12H15ClFN3O2. The highest BCUT2D eigenvalue weighted by molar-refractivity contribution is 6.31. The fourth-order valence-electron chi connectivity index (χ4n) is 1.29. The number of amides is 1. The molecule has 0 bridgehead atoms. The van der Waals surface area contributed by atoms with Crippen LogP contribution in [0, 0.1) is 11.2 Å². The molecule has 0 aliphatic heterocycles. The first-order chi connectivity index (χ1) is 8.77. The summed E-state index contributed by atoms with van der Waals surface area (Å²) in [6.07, 6.45) is 0. The number of oxime groups is 1. The highest BCUT2D eigenvalue weighted by Gasteiger charge is 2.25. The Morgan fingerprint density at radius 3 is 2.79 bits per heavy atom. The van der Waals surface area contributed by atoms with E-state index in [1.54, 1.807) is 13.8 Å². The van der Waals surface area contributed by atoms with Gasteiger partial charge in [0.2, 0.25) is 0 Å². The summed E-state index contributed by atoms with van der Waals surface area (Å²) in [5.74, 6) is -1.30. The lowest BCUT2D eigenvalue weighted by molar-refractivity contribution is 0.0940. The van der Waals surface area contributed by atoms with Crippen molar-refractivity contribution in [2.75, 3.05) is 6.54 Å². The predicted octanol–water partition coefficient (Wildman–Crippen LogP) is 1.98. The van der Waals surface area contributed by atoms with E-state index < -0.39 is 17.1 Å². The van der Waals surface area contributed by atoms with Crippen molar-refractivity contribution in [1.82, 2.24) is 5.32 Å². The quantitative estimate of drug-likeness (QED) is 0.342. The lowest BCUT2D eigenvalue weighted by Crippen LogP contribution is -2.42. The van der Waals surface area contributed by atoms with E-state index in [0.29, 0.717) is 0 Å². The Labute approximate surface area is 115 Å². The number of benzene rings is 1. The highest BCUT2D eigenvalue weighted by atomic mass is 35.5. The largest absolute Gasteiger partial charge is 0.409 e. The Kier molecular flexibility index (Phi) is 4.72. The molecule has 104 valence electrons. The summed E-state index contributed by atoms with van der Waals surface area (Å²) in [5.41, 5.74) is 4.58. The van der Waals surface area contributed by atoms with Gasteiger partial charge in [-0.2, -0.15) is 0 Å². The van der Waals surface area contributed by atoms with Gasteiger partial charge in [0.1, 0.15) is 11.7 Å². The van der Waals surface area contributed by atoms with Gasteiger partial charge in [0.25, 0.3) is 5.91 Å². The maximum atomic E-state index is 13.5. The Morgan fingerprint density at radius 2 is 2.21 bits per heavy atom. The molecule has 0 saturated carbocycles. The molecule has 0 aliphatic rings. The van der Waals surface area contributed by atoms with Gasteiger partial charge in [-0.15, -0.1) is 0 Å². The fraction of sp³-hybridized carbons (Fsp3) is 0.333. The van der Waals surface area contributed by atoms with Gasteiger partial charge in [0.15, 0.2) is 0 Å². The number of hydrogen-bond donors (Lipinski definition) is 3. The molecule has 0 radical (unpaired) electrons. The second-order valence-electron chi connectivity index (χ2n) is 4.68. The molecule has 1 amide bonds. The Hall–Kier alpha value is -1.82. The third kappa shape index (κ3) is 3.82. The molecule has 0 aromatic heterocycles. The molecule has 0 atom stereocenters. The van der Waals surface area contributed by atoms with Gasteiger partial charge in [-0.25, -0.2) is 4.39 Å². The first-order valence-electron chi connectivity index (χ1n) is 5.49. The fourth-order valence-corrected chi connectivity index (χ4v) is 1.47. The van der Waals surface area contributed by atoms with Crippen molar-refractivity contribution < 1.29 is 14.4 Å². The van der Waals surface area contributed by atoms with Gasteiger partial charge >= 0.3 is 0 Å². The highest BCUT2D eigenvalue weighted by Crippen LogP contribution is 2.16. The van der Waals surface area contributed by atoms with Crippen molar-refractivity contribution in [2.24, 2.45) is 16.3 Å². The van der Waals surface area contributed by atoms with E-state index in [1.807, 2.05) is 0 Å². The van der Waals surface area contributed by atoms with E-state index in [-0.39, 0.29) is 23.0 Å². The molecule has 0 unspecified atom stereocenters. The van der Waals surface area contributed by atoms with Crippen LogP contribution in [0.3, 0.4) is 0 Å². The van der Waals surface area contributed by atoms with E-state index in [9.17, 15) is 9.18 Å². The van der Waals surface area contributed by atoms with Crippen LogP contribution >= 0.6 is 11.6 Å². The van der Waals surface area contributed by atoms with Crippen LogP contribution in [0.25, 0.3) is 0 Å². The van der Waals surface area contributed by atoms with Gasteiger partial charge in [-0.3, -0.25) is 4.79 Å². The number of carbonyl (C=O) groups excluding carboxylic acids is 1. The summed E-state index contributed by atoms with van der Waals surface area (Å²) in [4.78, 5) is 11.8. The SMILES string of the molecule is CC(C)(CNC(=O)c1cc(Cl)ccc1F)/C(N)=N/O. The summed E-state index contributed by atoms with van der Waals surface area (Å²) >= 11 is 5.71. The molecule has 1 rings (SSSR count).